The molecule has 1 aromatic heterocycles. The largest absolute Gasteiger partial charge is 0.396 e. The molecule has 0 amide bonds. The van der Waals surface area contributed by atoms with Gasteiger partial charge in [0.05, 0.1) is 12.3 Å². The fourth-order valence-corrected chi connectivity index (χ4v) is 1.08. The lowest BCUT2D eigenvalue weighted by molar-refractivity contribution is 0.131. The summed E-state index contributed by atoms with van der Waals surface area (Å²) in [5.74, 6) is 0.771. The maximum Gasteiger partial charge on any atom is 0.129 e. The second-order valence-corrected chi connectivity index (χ2v) is 3.04. The molecule has 2 N–H and O–H groups in total. The second kappa shape index (κ2) is 7.14. The number of aliphatic hydroxyl groups excluding tert-OH is 1. The van der Waals surface area contributed by atoms with Crippen molar-refractivity contribution in [3.8, 4) is 0 Å². The lowest BCUT2D eigenvalue weighted by atomic mass is 10.4. The van der Waals surface area contributed by atoms with E-state index in [-0.39, 0.29) is 6.61 Å². The first-order chi connectivity index (χ1) is 7.36. The summed E-state index contributed by atoms with van der Waals surface area (Å²) < 4.78 is 5.24. The van der Waals surface area contributed by atoms with Crippen molar-refractivity contribution in [3.05, 3.63) is 18.1 Å². The Hall–Kier alpha value is -1.20. The number of aliphatic hydroxyl groups is 1. The smallest absolute Gasteiger partial charge is 0.129 e. The van der Waals surface area contributed by atoms with Crippen LogP contribution < -0.4 is 5.32 Å². The van der Waals surface area contributed by atoms with Gasteiger partial charge in [-0.15, -0.1) is 0 Å². The van der Waals surface area contributed by atoms with Crippen molar-refractivity contribution >= 4 is 5.82 Å². The maximum absolute atomic E-state index is 8.62. The average molecular weight is 211 g/mol. The Morgan fingerprint density at radius 2 is 2.33 bits per heavy atom. The number of anilines is 1. The summed E-state index contributed by atoms with van der Waals surface area (Å²) in [5.41, 5.74) is 0.860. The highest BCUT2D eigenvalue weighted by molar-refractivity contribution is 5.34. The number of nitrogens with one attached hydrogen (secondary N) is 1. The normalized spacial score (nSPS) is 10.3. The van der Waals surface area contributed by atoms with Gasteiger partial charge in [0.15, 0.2) is 0 Å². The van der Waals surface area contributed by atoms with Crippen LogP contribution in [0.3, 0.4) is 0 Å². The third kappa shape index (κ3) is 4.71. The minimum Gasteiger partial charge on any atom is -0.396 e. The van der Waals surface area contributed by atoms with Crippen molar-refractivity contribution in [3.63, 3.8) is 0 Å². The zero-order valence-electron chi connectivity index (χ0n) is 8.94. The molecule has 0 atom stereocenters. The Bertz CT molecular complexity index is 281. The molecule has 0 unspecified atom stereocenters. The highest BCUT2D eigenvalue weighted by Crippen LogP contribution is 2.04. The van der Waals surface area contributed by atoms with E-state index in [9.17, 15) is 0 Å². The fraction of sp³-hybridized carbons (Fsp3) is 0.600. The number of hydrogen-bond acceptors (Lipinski definition) is 5. The molecule has 0 spiro atoms. The van der Waals surface area contributed by atoms with Gasteiger partial charge in [0, 0.05) is 25.8 Å². The van der Waals surface area contributed by atoms with E-state index in [1.165, 1.54) is 6.33 Å². The SMILES string of the molecule is CCOCc1cc(NCCCO)ncn1. The quantitative estimate of drug-likeness (QED) is 0.653. The summed E-state index contributed by atoms with van der Waals surface area (Å²) in [6.45, 7) is 4.03. The van der Waals surface area contributed by atoms with Gasteiger partial charge in [-0.05, 0) is 13.3 Å². The Kier molecular flexibility index (Phi) is 5.65. The van der Waals surface area contributed by atoms with Crippen LogP contribution in [0.2, 0.25) is 0 Å². The number of rotatable bonds is 7. The number of ether oxygens (including phenoxy) is 1. The number of nitrogens with zero attached hydrogens (tertiary/aromatic N) is 2. The van der Waals surface area contributed by atoms with Crippen LogP contribution in [-0.4, -0.2) is 34.8 Å². The predicted octanol–water partition coefficient (Wildman–Crippen LogP) is 0.807. The Balaban J connectivity index is 2.42. The van der Waals surface area contributed by atoms with Crippen molar-refractivity contribution in [1.82, 2.24) is 9.97 Å². The molecular weight excluding hydrogens is 194 g/mol. The van der Waals surface area contributed by atoms with Crippen LogP contribution in [0.4, 0.5) is 5.82 Å². The van der Waals surface area contributed by atoms with Crippen molar-refractivity contribution in [2.75, 3.05) is 25.1 Å². The number of aromatic nitrogens is 2. The highest BCUT2D eigenvalue weighted by atomic mass is 16.5. The fourth-order valence-electron chi connectivity index (χ4n) is 1.08. The van der Waals surface area contributed by atoms with Crippen LogP contribution in [-0.2, 0) is 11.3 Å². The molecule has 1 heterocycles. The third-order valence-electron chi connectivity index (χ3n) is 1.82. The third-order valence-corrected chi connectivity index (χ3v) is 1.82. The summed E-state index contributed by atoms with van der Waals surface area (Å²) in [6, 6.07) is 1.85. The van der Waals surface area contributed by atoms with Gasteiger partial charge in [-0.2, -0.15) is 0 Å². The molecule has 0 radical (unpaired) electrons. The topological polar surface area (TPSA) is 67.3 Å². The van der Waals surface area contributed by atoms with Crippen molar-refractivity contribution < 1.29 is 9.84 Å². The summed E-state index contributed by atoms with van der Waals surface area (Å²) >= 11 is 0. The van der Waals surface area contributed by atoms with E-state index < -0.39 is 0 Å². The molecule has 0 aliphatic carbocycles. The van der Waals surface area contributed by atoms with Gasteiger partial charge < -0.3 is 15.2 Å². The minimum absolute atomic E-state index is 0.184. The first kappa shape index (κ1) is 11.9. The van der Waals surface area contributed by atoms with Crippen molar-refractivity contribution in [2.24, 2.45) is 0 Å². The van der Waals surface area contributed by atoms with E-state index in [1.807, 2.05) is 13.0 Å². The molecule has 0 aromatic carbocycles. The van der Waals surface area contributed by atoms with Gasteiger partial charge in [0.2, 0.25) is 0 Å². The van der Waals surface area contributed by atoms with Gasteiger partial charge >= 0.3 is 0 Å². The molecule has 0 saturated heterocycles. The lowest BCUT2D eigenvalue weighted by Gasteiger charge is -2.05. The lowest BCUT2D eigenvalue weighted by Crippen LogP contribution is -2.06. The van der Waals surface area contributed by atoms with Crippen molar-refractivity contribution in [1.29, 1.82) is 0 Å². The molecule has 0 fully saturated rings. The van der Waals surface area contributed by atoms with Crippen LogP contribution in [0.1, 0.15) is 19.0 Å². The molecule has 0 bridgehead atoms. The second-order valence-electron chi connectivity index (χ2n) is 3.04. The molecule has 5 heteroatoms. The van der Waals surface area contributed by atoms with E-state index in [2.05, 4.69) is 15.3 Å². The van der Waals surface area contributed by atoms with Crippen molar-refractivity contribution in [2.45, 2.75) is 20.0 Å². The average Bonchev–Trinajstić information content (AvgIpc) is 2.27. The zero-order chi connectivity index (χ0) is 10.9. The van der Waals surface area contributed by atoms with E-state index >= 15 is 0 Å². The molecule has 1 aromatic rings. The van der Waals surface area contributed by atoms with Crippen LogP contribution in [0.25, 0.3) is 0 Å². The maximum atomic E-state index is 8.62. The Labute approximate surface area is 89.5 Å². The van der Waals surface area contributed by atoms with Gasteiger partial charge in [0.25, 0.3) is 0 Å². The first-order valence-electron chi connectivity index (χ1n) is 5.10. The van der Waals surface area contributed by atoms with Gasteiger partial charge in [-0.25, -0.2) is 9.97 Å². The molecular formula is C10H17N3O2. The monoisotopic (exact) mass is 211 g/mol. The Morgan fingerprint density at radius 3 is 3.07 bits per heavy atom. The summed E-state index contributed by atoms with van der Waals surface area (Å²) in [6.07, 6.45) is 2.22. The van der Waals surface area contributed by atoms with Crippen LogP contribution >= 0.6 is 0 Å². The molecule has 0 saturated carbocycles. The van der Waals surface area contributed by atoms with Crippen LogP contribution in [0.5, 0.6) is 0 Å². The zero-order valence-corrected chi connectivity index (χ0v) is 8.94. The van der Waals surface area contributed by atoms with E-state index in [4.69, 9.17) is 9.84 Å². The highest BCUT2D eigenvalue weighted by Gasteiger charge is 1.97. The van der Waals surface area contributed by atoms with E-state index in [1.54, 1.807) is 0 Å². The summed E-state index contributed by atoms with van der Waals surface area (Å²) in [7, 11) is 0. The number of hydrogen-bond donors (Lipinski definition) is 2. The van der Waals surface area contributed by atoms with E-state index in [0.717, 1.165) is 11.5 Å². The molecule has 1 rings (SSSR count). The molecule has 84 valence electrons. The predicted molar refractivity (Wildman–Crippen MR) is 57.6 cm³/mol. The first-order valence-corrected chi connectivity index (χ1v) is 5.10. The summed E-state index contributed by atoms with van der Waals surface area (Å²) in [5, 5.41) is 11.7. The van der Waals surface area contributed by atoms with Gasteiger partial charge in [-0.1, -0.05) is 0 Å². The van der Waals surface area contributed by atoms with Gasteiger partial charge in [-0.3, -0.25) is 0 Å². The summed E-state index contributed by atoms with van der Waals surface area (Å²) in [4.78, 5) is 8.14. The Morgan fingerprint density at radius 1 is 1.47 bits per heavy atom. The van der Waals surface area contributed by atoms with E-state index in [0.29, 0.717) is 26.2 Å². The molecule has 5 nitrogen and oxygen atoms in total. The standard InChI is InChI=1S/C10H17N3O2/c1-2-15-7-9-6-10(13-8-12-9)11-4-3-5-14/h6,8,14H,2-5,7H2,1H3,(H,11,12,13). The van der Waals surface area contributed by atoms with Crippen LogP contribution in [0.15, 0.2) is 12.4 Å². The minimum atomic E-state index is 0.184. The molecule has 0 aliphatic heterocycles. The molecule has 15 heavy (non-hydrogen) atoms. The van der Waals surface area contributed by atoms with Crippen LogP contribution in [0, 0.1) is 0 Å². The van der Waals surface area contributed by atoms with Gasteiger partial charge in [0.1, 0.15) is 12.1 Å². The molecule has 0 aliphatic rings.